The molecule has 0 aliphatic rings. The van der Waals surface area contributed by atoms with Crippen LogP contribution in [0, 0.1) is 18.3 Å². The lowest BCUT2D eigenvalue weighted by Gasteiger charge is -1.73. The maximum Gasteiger partial charge on any atom is 0.381 e. The van der Waals surface area contributed by atoms with E-state index in [1.807, 2.05) is 12.8 Å². The van der Waals surface area contributed by atoms with Crippen molar-refractivity contribution in [1.82, 2.24) is 0 Å². The Bertz CT molecular complexity index is 127. The summed E-state index contributed by atoms with van der Waals surface area (Å²) in [6.45, 7) is 1.83. The minimum absolute atomic E-state index is 0.548. The molecule has 1 radical (unpaired) electrons. The summed E-state index contributed by atoms with van der Waals surface area (Å²) < 4.78 is 0. The molecule has 0 fully saturated rings. The van der Waals surface area contributed by atoms with Gasteiger partial charge >= 0.3 is 5.97 Å². The van der Waals surface area contributed by atoms with Crippen LogP contribution in [0.1, 0.15) is 13.3 Å². The standard InChI is InChI=1S/C6H7O2/c1-2-3-4-5-6(7)8/h2H,3H2,1H3,(H,7,8). The van der Waals surface area contributed by atoms with Crippen molar-refractivity contribution < 1.29 is 9.90 Å². The molecule has 0 bridgehead atoms. The molecule has 2 nitrogen and oxygen atoms in total. The quantitative estimate of drug-likeness (QED) is 0.505. The van der Waals surface area contributed by atoms with Crippen molar-refractivity contribution in [3.63, 3.8) is 0 Å². The van der Waals surface area contributed by atoms with Crippen LogP contribution in [0.15, 0.2) is 0 Å². The van der Waals surface area contributed by atoms with Crippen LogP contribution < -0.4 is 0 Å². The van der Waals surface area contributed by atoms with Crippen LogP contribution in [0.25, 0.3) is 0 Å². The van der Waals surface area contributed by atoms with Gasteiger partial charge in [0.25, 0.3) is 0 Å². The number of hydrogen-bond acceptors (Lipinski definition) is 1. The van der Waals surface area contributed by atoms with E-state index in [4.69, 9.17) is 5.11 Å². The minimum Gasteiger partial charge on any atom is -0.472 e. The molecule has 0 aromatic rings. The third kappa shape index (κ3) is 5.03. The van der Waals surface area contributed by atoms with Gasteiger partial charge in [0, 0.05) is 12.3 Å². The molecule has 0 saturated carbocycles. The maximum atomic E-state index is 9.69. The molecule has 0 aliphatic heterocycles. The molecule has 0 amide bonds. The Morgan fingerprint density at radius 2 is 2.50 bits per heavy atom. The summed E-state index contributed by atoms with van der Waals surface area (Å²) in [6.07, 6.45) is 2.35. The zero-order valence-corrected chi connectivity index (χ0v) is 4.64. The van der Waals surface area contributed by atoms with Crippen molar-refractivity contribution in [1.29, 1.82) is 0 Å². The molecular weight excluding hydrogens is 104 g/mol. The van der Waals surface area contributed by atoms with Crippen molar-refractivity contribution in [3.8, 4) is 11.8 Å². The van der Waals surface area contributed by atoms with Gasteiger partial charge in [-0.1, -0.05) is 12.8 Å². The average Bonchev–Trinajstić information content (AvgIpc) is 1.66. The van der Waals surface area contributed by atoms with E-state index in [1.165, 1.54) is 0 Å². The van der Waals surface area contributed by atoms with Crippen molar-refractivity contribution in [3.05, 3.63) is 6.42 Å². The molecule has 8 heavy (non-hydrogen) atoms. The molecule has 0 aliphatic carbocycles. The highest BCUT2D eigenvalue weighted by Crippen LogP contribution is 1.77. The fraction of sp³-hybridized carbons (Fsp3) is 0.333. The summed E-state index contributed by atoms with van der Waals surface area (Å²) in [5.74, 6) is 3.35. The van der Waals surface area contributed by atoms with E-state index in [2.05, 4.69) is 5.92 Å². The van der Waals surface area contributed by atoms with Crippen LogP contribution in [0.4, 0.5) is 0 Å². The van der Waals surface area contributed by atoms with E-state index >= 15 is 0 Å². The van der Waals surface area contributed by atoms with Crippen molar-refractivity contribution >= 4 is 5.97 Å². The molecule has 43 valence electrons. The fourth-order valence-corrected chi connectivity index (χ4v) is 0.229. The summed E-state index contributed by atoms with van der Waals surface area (Å²) in [5, 5.41) is 7.95. The third-order valence-corrected chi connectivity index (χ3v) is 0.502. The second-order valence-electron chi connectivity index (χ2n) is 1.22. The number of rotatable bonds is 1. The molecule has 1 N–H and O–H groups in total. The van der Waals surface area contributed by atoms with E-state index in [9.17, 15) is 4.79 Å². The second-order valence-corrected chi connectivity index (χ2v) is 1.22. The van der Waals surface area contributed by atoms with Gasteiger partial charge in [0.15, 0.2) is 0 Å². The molecule has 0 rings (SSSR count). The van der Waals surface area contributed by atoms with Gasteiger partial charge in [0.05, 0.1) is 0 Å². The summed E-state index contributed by atoms with van der Waals surface area (Å²) in [5.41, 5.74) is 0. The van der Waals surface area contributed by atoms with Gasteiger partial charge in [-0.05, 0) is 6.42 Å². The number of aliphatic carboxylic acids is 1. The second kappa shape index (κ2) is 4.20. The molecule has 0 aromatic heterocycles. The lowest BCUT2D eigenvalue weighted by atomic mass is 10.3. The Morgan fingerprint density at radius 3 is 2.88 bits per heavy atom. The number of carbonyl (C=O) groups is 1. The summed E-state index contributed by atoms with van der Waals surface area (Å²) in [4.78, 5) is 9.69. The van der Waals surface area contributed by atoms with E-state index in [0.717, 1.165) is 0 Å². The lowest BCUT2D eigenvalue weighted by Crippen LogP contribution is -1.85. The lowest BCUT2D eigenvalue weighted by molar-refractivity contribution is -0.130. The predicted molar refractivity (Wildman–Crippen MR) is 30.0 cm³/mol. The SMILES string of the molecule is C[CH]CC#CC(=O)O. The van der Waals surface area contributed by atoms with Crippen molar-refractivity contribution in [2.24, 2.45) is 0 Å². The molecule has 0 aromatic carbocycles. The smallest absolute Gasteiger partial charge is 0.381 e. The number of carboxylic acids is 1. The van der Waals surface area contributed by atoms with Crippen LogP contribution in [0.5, 0.6) is 0 Å². The Labute approximate surface area is 48.5 Å². The van der Waals surface area contributed by atoms with Crippen LogP contribution in [0.3, 0.4) is 0 Å². The Hall–Kier alpha value is -0.970. The van der Waals surface area contributed by atoms with E-state index in [1.54, 1.807) is 6.42 Å². The summed E-state index contributed by atoms with van der Waals surface area (Å²) in [7, 11) is 0. The van der Waals surface area contributed by atoms with Crippen LogP contribution in [0.2, 0.25) is 0 Å². The number of hydrogen-bond donors (Lipinski definition) is 1. The first-order chi connectivity index (χ1) is 3.77. The highest BCUT2D eigenvalue weighted by Gasteiger charge is 1.79. The topological polar surface area (TPSA) is 37.3 Å². The van der Waals surface area contributed by atoms with Gasteiger partial charge in [-0.25, -0.2) is 4.79 Å². The number of carboxylic acid groups (broad SMARTS) is 1. The van der Waals surface area contributed by atoms with Gasteiger partial charge in [0.1, 0.15) is 0 Å². The Morgan fingerprint density at radius 1 is 1.88 bits per heavy atom. The Balaban J connectivity index is 3.35. The van der Waals surface area contributed by atoms with Crippen LogP contribution in [-0.2, 0) is 4.79 Å². The molecular formula is C6H7O2. The number of unbranched alkanes of at least 4 members (excludes halogenated alkanes) is 1. The average molecular weight is 111 g/mol. The van der Waals surface area contributed by atoms with E-state index < -0.39 is 5.97 Å². The van der Waals surface area contributed by atoms with Gasteiger partial charge in [-0.15, -0.1) is 0 Å². The predicted octanol–water partition coefficient (Wildman–Crippen LogP) is 0.689. The minimum atomic E-state index is -1.06. The fourth-order valence-electron chi connectivity index (χ4n) is 0.229. The highest BCUT2D eigenvalue weighted by molar-refractivity contribution is 5.86. The van der Waals surface area contributed by atoms with Crippen LogP contribution >= 0.6 is 0 Å². The van der Waals surface area contributed by atoms with Crippen molar-refractivity contribution in [2.75, 3.05) is 0 Å². The first-order valence-electron chi connectivity index (χ1n) is 2.27. The van der Waals surface area contributed by atoms with Gasteiger partial charge in [0.2, 0.25) is 0 Å². The van der Waals surface area contributed by atoms with E-state index in [-0.39, 0.29) is 0 Å². The molecule has 0 unspecified atom stereocenters. The normalized spacial score (nSPS) is 7.12. The first kappa shape index (κ1) is 7.03. The van der Waals surface area contributed by atoms with Crippen molar-refractivity contribution in [2.45, 2.75) is 13.3 Å². The largest absolute Gasteiger partial charge is 0.472 e. The highest BCUT2D eigenvalue weighted by atomic mass is 16.4. The summed E-state index contributed by atoms with van der Waals surface area (Å²) in [6, 6.07) is 0. The van der Waals surface area contributed by atoms with Gasteiger partial charge in [-0.2, -0.15) is 0 Å². The molecule has 0 saturated heterocycles. The monoisotopic (exact) mass is 111 g/mol. The van der Waals surface area contributed by atoms with Gasteiger partial charge < -0.3 is 5.11 Å². The molecule has 0 spiro atoms. The summed E-state index contributed by atoms with van der Waals surface area (Å²) >= 11 is 0. The first-order valence-corrected chi connectivity index (χ1v) is 2.27. The zero-order valence-electron chi connectivity index (χ0n) is 4.64. The molecule has 0 atom stereocenters. The van der Waals surface area contributed by atoms with E-state index in [0.29, 0.717) is 6.42 Å². The van der Waals surface area contributed by atoms with Crippen LogP contribution in [-0.4, -0.2) is 11.1 Å². The van der Waals surface area contributed by atoms with Gasteiger partial charge in [-0.3, -0.25) is 0 Å². The maximum absolute atomic E-state index is 9.69. The zero-order chi connectivity index (χ0) is 6.41. The Kier molecular flexibility index (Phi) is 3.69. The molecule has 0 heterocycles. The third-order valence-electron chi connectivity index (χ3n) is 0.502. The molecule has 2 heteroatoms.